The van der Waals surface area contributed by atoms with Gasteiger partial charge >= 0.3 is 0 Å². The van der Waals surface area contributed by atoms with Gasteiger partial charge in [-0.25, -0.2) is 13.4 Å². The molecule has 4 heterocycles. The fraction of sp³-hybridized carbons (Fsp3) is 0.250. The number of hydrogen-bond donors (Lipinski definition) is 0. The van der Waals surface area contributed by atoms with Crippen molar-refractivity contribution in [2.45, 2.75) is 23.6 Å². The Bertz CT molecular complexity index is 1170. The second-order valence-corrected chi connectivity index (χ2v) is 9.01. The number of likely N-dealkylation sites (tertiary alicyclic amines) is 1. The van der Waals surface area contributed by atoms with Gasteiger partial charge in [-0.3, -0.25) is 4.79 Å². The van der Waals surface area contributed by atoms with Crippen LogP contribution in [0.3, 0.4) is 0 Å². The van der Waals surface area contributed by atoms with Crippen LogP contribution in [-0.4, -0.2) is 58.9 Å². The first kappa shape index (κ1) is 18.8. The average Bonchev–Trinajstić information content (AvgIpc) is 3.41. The molecule has 0 spiro atoms. The molecule has 0 bridgehead atoms. The van der Waals surface area contributed by atoms with E-state index in [4.69, 9.17) is 9.26 Å². The first-order valence-corrected chi connectivity index (χ1v) is 10.9. The first-order chi connectivity index (χ1) is 14.5. The highest BCUT2D eigenvalue weighted by Crippen LogP contribution is 2.36. The summed E-state index contributed by atoms with van der Waals surface area (Å²) in [6.07, 6.45) is 2.32. The highest BCUT2D eigenvalue weighted by Gasteiger charge is 2.49. The maximum atomic E-state index is 13.6. The number of sulfonamides is 1. The van der Waals surface area contributed by atoms with Crippen molar-refractivity contribution in [3.8, 4) is 5.88 Å². The summed E-state index contributed by atoms with van der Waals surface area (Å²) in [6.45, 7) is 0.539. The number of rotatable bonds is 3. The molecule has 5 rings (SSSR count). The SMILES string of the molecule is O=C(c1ccno1)N1C[C@@H]2Oc3ncccc3S(=O)(=O)N(Cc3ccccc3)[C@H]2C1. The molecule has 1 fully saturated rings. The first-order valence-electron chi connectivity index (χ1n) is 9.41. The van der Waals surface area contributed by atoms with Crippen LogP contribution in [0.4, 0.5) is 0 Å². The summed E-state index contributed by atoms with van der Waals surface area (Å²) in [5, 5.41) is 3.57. The summed E-state index contributed by atoms with van der Waals surface area (Å²) in [6, 6.07) is 13.3. The topological polar surface area (TPSA) is 106 Å². The molecule has 30 heavy (non-hydrogen) atoms. The second kappa shape index (κ2) is 7.22. The van der Waals surface area contributed by atoms with E-state index in [2.05, 4.69) is 10.1 Å². The molecule has 1 aromatic carbocycles. The van der Waals surface area contributed by atoms with Crippen LogP contribution in [0.1, 0.15) is 16.1 Å². The van der Waals surface area contributed by atoms with Gasteiger partial charge in [0.05, 0.1) is 18.8 Å². The van der Waals surface area contributed by atoms with E-state index in [1.54, 1.807) is 6.07 Å². The van der Waals surface area contributed by atoms with Gasteiger partial charge in [0.1, 0.15) is 11.0 Å². The lowest BCUT2D eigenvalue weighted by Crippen LogP contribution is -2.46. The number of aromatic nitrogens is 2. The van der Waals surface area contributed by atoms with E-state index in [1.807, 2.05) is 30.3 Å². The van der Waals surface area contributed by atoms with Crippen LogP contribution in [0.25, 0.3) is 0 Å². The number of pyridine rings is 1. The predicted octanol–water partition coefficient (Wildman–Crippen LogP) is 1.55. The van der Waals surface area contributed by atoms with Gasteiger partial charge in [-0.05, 0) is 17.7 Å². The number of fused-ring (bicyclic) bond motifs is 2. The van der Waals surface area contributed by atoms with Gasteiger partial charge in [0.15, 0.2) is 0 Å². The predicted molar refractivity (Wildman–Crippen MR) is 104 cm³/mol. The van der Waals surface area contributed by atoms with Crippen molar-refractivity contribution in [3.05, 3.63) is 72.2 Å². The maximum absolute atomic E-state index is 13.6. The number of amides is 1. The molecule has 2 atom stereocenters. The smallest absolute Gasteiger partial charge is 0.292 e. The fourth-order valence-electron chi connectivity index (χ4n) is 3.87. The lowest BCUT2D eigenvalue weighted by Gasteiger charge is -2.28. The van der Waals surface area contributed by atoms with Gasteiger partial charge in [0, 0.05) is 25.4 Å². The summed E-state index contributed by atoms with van der Waals surface area (Å²) in [5.41, 5.74) is 0.840. The van der Waals surface area contributed by atoms with Gasteiger partial charge in [-0.2, -0.15) is 4.31 Å². The van der Waals surface area contributed by atoms with E-state index < -0.39 is 22.2 Å². The standard InChI is InChI=1S/C20H18N4O5S/c25-20(16-8-10-22-29-16)23-12-15-17(13-23)28-19-18(7-4-9-21-19)30(26,27)24(15)11-14-5-2-1-3-6-14/h1-10,15,17H,11-13H2/t15-,17-/m0/s1. The fourth-order valence-corrected chi connectivity index (χ4v) is 5.57. The normalized spacial score (nSPS) is 22.6. The van der Waals surface area contributed by atoms with E-state index in [9.17, 15) is 13.2 Å². The summed E-state index contributed by atoms with van der Waals surface area (Å²) in [7, 11) is -3.90. The van der Waals surface area contributed by atoms with E-state index in [0.29, 0.717) is 0 Å². The minimum atomic E-state index is -3.90. The molecule has 1 amide bonds. The molecule has 0 radical (unpaired) electrons. The van der Waals surface area contributed by atoms with Gasteiger partial charge in [0.2, 0.25) is 21.7 Å². The van der Waals surface area contributed by atoms with Crippen LogP contribution in [0.5, 0.6) is 5.88 Å². The van der Waals surface area contributed by atoms with Crippen molar-refractivity contribution in [1.29, 1.82) is 0 Å². The molecular formula is C20H18N4O5S. The molecule has 0 aliphatic carbocycles. The highest BCUT2D eigenvalue weighted by molar-refractivity contribution is 7.89. The van der Waals surface area contributed by atoms with Crippen LogP contribution >= 0.6 is 0 Å². The van der Waals surface area contributed by atoms with E-state index in [-0.39, 0.29) is 42.1 Å². The lowest BCUT2D eigenvalue weighted by atomic mass is 10.1. The molecule has 154 valence electrons. The van der Waals surface area contributed by atoms with Crippen LogP contribution in [0.2, 0.25) is 0 Å². The third kappa shape index (κ3) is 3.14. The number of ether oxygens (including phenoxy) is 1. The lowest BCUT2D eigenvalue weighted by molar-refractivity contribution is 0.0729. The molecule has 0 N–H and O–H groups in total. The zero-order valence-corrected chi connectivity index (χ0v) is 16.6. The van der Waals surface area contributed by atoms with Gasteiger partial charge < -0.3 is 14.2 Å². The molecule has 0 saturated carbocycles. The van der Waals surface area contributed by atoms with E-state index in [1.165, 1.54) is 33.7 Å². The van der Waals surface area contributed by atoms with Gasteiger partial charge in [-0.1, -0.05) is 35.5 Å². The van der Waals surface area contributed by atoms with Crippen molar-refractivity contribution >= 4 is 15.9 Å². The Hall–Kier alpha value is -3.24. The number of nitrogens with zero attached hydrogens (tertiary/aromatic N) is 4. The number of benzene rings is 1. The van der Waals surface area contributed by atoms with Gasteiger partial charge in [0.25, 0.3) is 5.91 Å². The second-order valence-electron chi connectivity index (χ2n) is 7.15. The Morgan fingerprint density at radius 2 is 1.90 bits per heavy atom. The van der Waals surface area contributed by atoms with Crippen LogP contribution in [-0.2, 0) is 16.6 Å². The summed E-state index contributed by atoms with van der Waals surface area (Å²) < 4.78 is 39.5. The number of hydrogen-bond acceptors (Lipinski definition) is 7. The van der Waals surface area contributed by atoms with Crippen molar-refractivity contribution in [2.75, 3.05) is 13.1 Å². The monoisotopic (exact) mass is 426 g/mol. The largest absolute Gasteiger partial charge is 0.470 e. The van der Waals surface area contributed by atoms with E-state index >= 15 is 0 Å². The van der Waals surface area contributed by atoms with Crippen LogP contribution < -0.4 is 4.74 Å². The van der Waals surface area contributed by atoms with E-state index in [0.717, 1.165) is 5.56 Å². The van der Waals surface area contributed by atoms with Crippen molar-refractivity contribution < 1.29 is 22.5 Å². The maximum Gasteiger partial charge on any atom is 0.292 e. The Morgan fingerprint density at radius 3 is 2.67 bits per heavy atom. The molecule has 2 aromatic heterocycles. The zero-order chi connectivity index (χ0) is 20.7. The summed E-state index contributed by atoms with van der Waals surface area (Å²) in [4.78, 5) is 18.5. The summed E-state index contributed by atoms with van der Waals surface area (Å²) >= 11 is 0. The molecule has 2 aliphatic heterocycles. The number of carbonyl (C=O) groups excluding carboxylic acids is 1. The van der Waals surface area contributed by atoms with Crippen molar-refractivity contribution in [1.82, 2.24) is 19.3 Å². The van der Waals surface area contributed by atoms with Gasteiger partial charge in [-0.15, -0.1) is 0 Å². The third-order valence-corrected chi connectivity index (χ3v) is 7.19. The molecule has 1 saturated heterocycles. The molecule has 3 aromatic rings. The molecule has 2 aliphatic rings. The van der Waals surface area contributed by atoms with Crippen LogP contribution in [0.15, 0.2) is 70.3 Å². The quantitative estimate of drug-likeness (QED) is 0.625. The minimum absolute atomic E-state index is 0.0310. The Morgan fingerprint density at radius 1 is 1.07 bits per heavy atom. The summed E-state index contributed by atoms with van der Waals surface area (Å²) in [5.74, 6) is -0.207. The molecular weight excluding hydrogens is 408 g/mol. The zero-order valence-electron chi connectivity index (χ0n) is 15.8. The molecule has 10 heteroatoms. The van der Waals surface area contributed by atoms with Crippen LogP contribution in [0, 0.1) is 0 Å². The third-order valence-electron chi connectivity index (χ3n) is 5.31. The molecule has 9 nitrogen and oxygen atoms in total. The van der Waals surface area contributed by atoms with Crippen molar-refractivity contribution in [2.24, 2.45) is 0 Å². The minimum Gasteiger partial charge on any atom is -0.470 e. The Kier molecular flexibility index (Phi) is 4.52. The highest BCUT2D eigenvalue weighted by atomic mass is 32.2. The molecule has 0 unspecified atom stereocenters. The average molecular weight is 426 g/mol. The van der Waals surface area contributed by atoms with Crippen molar-refractivity contribution in [3.63, 3.8) is 0 Å². The number of carbonyl (C=O) groups is 1. The Balaban J connectivity index is 1.55. The Labute approximate surface area is 172 Å².